The third-order valence-corrected chi connectivity index (χ3v) is 0. The Hall–Kier alpha value is 2.49. The smallest absolute Gasteiger partial charge is 0.759 e. The first-order valence-corrected chi connectivity index (χ1v) is 7.89. The first kappa shape index (κ1) is 23.4. The molecule has 64 valence electrons. The molecule has 2 N–H and O–H groups in total. The van der Waals surface area contributed by atoms with E-state index < -0.39 is 21.8 Å². The van der Waals surface area contributed by atoms with E-state index >= 15 is 0 Å². The zero-order valence-corrected chi connectivity index (χ0v) is 11.4. The molecule has 11 heavy (non-hydrogen) atoms. The van der Waals surface area contributed by atoms with Crippen LogP contribution in [0.15, 0.2) is 0 Å². The van der Waals surface area contributed by atoms with Crippen LogP contribution < -0.4 is 0 Å². The maximum absolute atomic E-state index is 8.52. The van der Waals surface area contributed by atoms with Gasteiger partial charge in [-0.3, -0.25) is 8.42 Å². The molecule has 0 rings (SSSR count). The van der Waals surface area contributed by atoms with Crippen molar-refractivity contribution in [3.05, 3.63) is 0 Å². The summed E-state index contributed by atoms with van der Waals surface area (Å²) in [5.41, 5.74) is 0. The third kappa shape index (κ3) is 221. The average Bonchev–Trinajstić information content (AvgIpc) is 1.19. The molecule has 0 amide bonds. The van der Waals surface area contributed by atoms with Crippen LogP contribution in [0.5, 0.6) is 0 Å². The molecule has 0 fully saturated rings. The van der Waals surface area contributed by atoms with E-state index in [0.29, 0.717) is 0 Å². The van der Waals surface area contributed by atoms with Gasteiger partial charge in [0, 0.05) is 10.4 Å². The van der Waals surface area contributed by atoms with Gasteiger partial charge in [-0.25, -0.2) is 30.1 Å². The van der Waals surface area contributed by atoms with Gasteiger partial charge in [-0.15, -0.1) is 0 Å². The Labute approximate surface area is 111 Å². The van der Waals surface area contributed by atoms with Gasteiger partial charge < -0.3 is 14.6 Å². The van der Waals surface area contributed by atoms with E-state index in [-0.39, 0.29) is 43.2 Å². The van der Waals surface area contributed by atoms with Gasteiger partial charge in [-0.05, 0) is 0 Å². The number of rotatable bonds is 0. The normalized spacial score (nSPS) is 7.73. The molecule has 0 aromatic heterocycles. The molecule has 0 radical (unpaired) electrons. The second-order valence-electron chi connectivity index (χ2n) is 0.656. The van der Waals surface area contributed by atoms with Crippen molar-refractivity contribution >= 4 is 89.7 Å². The summed E-state index contributed by atoms with van der Waals surface area (Å²) in [6.07, 6.45) is 0. The summed E-state index contributed by atoms with van der Waals surface area (Å²) in [6, 6.07) is 0. The first-order chi connectivity index (χ1) is 3.73. The van der Waals surface area contributed by atoms with E-state index in [0.717, 1.165) is 0 Å². The third-order valence-electron chi connectivity index (χ3n) is 0. The van der Waals surface area contributed by atoms with Crippen LogP contribution in [-0.4, -0.2) is 72.1 Å². The van der Waals surface area contributed by atoms with Gasteiger partial charge in [0.25, 0.3) is 0 Å². The molecule has 0 spiro atoms. The van der Waals surface area contributed by atoms with E-state index in [2.05, 4.69) is 0 Å². The van der Waals surface area contributed by atoms with Crippen LogP contribution in [0.1, 0.15) is 0 Å². The minimum Gasteiger partial charge on any atom is -0.759 e. The molecule has 11 heteroatoms. The molecule has 0 aliphatic rings. The Kier molecular flexibility index (Phi) is 26.5. The summed E-state index contributed by atoms with van der Waals surface area (Å²) in [6.45, 7) is 0. The summed E-state index contributed by atoms with van der Waals surface area (Å²) < 4.78 is 34.1. The van der Waals surface area contributed by atoms with Crippen molar-refractivity contribution in [2.75, 3.05) is 0 Å². The van der Waals surface area contributed by atoms with Crippen molar-refractivity contribution in [3.63, 3.8) is 0 Å². The maximum atomic E-state index is 8.52. The molecule has 0 atom stereocenters. The summed E-state index contributed by atoms with van der Waals surface area (Å²) in [4.78, 5) is 0. The Bertz CT molecular complexity index is 133. The van der Waals surface area contributed by atoms with Crippen LogP contribution >= 0.6 is 30.1 Å². The van der Waals surface area contributed by atoms with Crippen LogP contribution in [0.3, 0.4) is 0 Å². The standard InChI is InChI=1S/Al.Ca.3ClH.H2O4S.H2O/c;;;;;1-5(2,3)4;/h;;3*1H;(H2,1,2,3,4);1H2/q+3;+2;;;;;/p-5. The minimum atomic E-state index is -5.17. The van der Waals surface area contributed by atoms with E-state index in [1.165, 1.54) is 0 Å². The van der Waals surface area contributed by atoms with Gasteiger partial charge in [-0.2, -0.15) is 0 Å². The van der Waals surface area contributed by atoms with Crippen molar-refractivity contribution in [3.8, 4) is 0 Å². The van der Waals surface area contributed by atoms with Gasteiger partial charge in [0.15, 0.2) is 0 Å². The van der Waals surface area contributed by atoms with Crippen molar-refractivity contribution in [1.82, 2.24) is 0 Å². The molecular formula is H2AlCaCl3O5S. The molecule has 0 aromatic rings. The average molecular weight is 287 g/mol. The topological polar surface area (TPSA) is 112 Å². The van der Waals surface area contributed by atoms with Crippen molar-refractivity contribution in [1.29, 1.82) is 0 Å². The number of hydrogen-bond donors (Lipinski definition) is 0. The SMILES string of the molecule is O.O=S(=O)([O-])[O-].[Ca+2].[Cl][Al]([Cl])[Cl]. The Balaban J connectivity index is -0.0000000383. The predicted molar refractivity (Wildman–Crippen MR) is 43.2 cm³/mol. The summed E-state index contributed by atoms with van der Waals surface area (Å²) in [5.74, 6) is 0. The fraction of sp³-hybridized carbons (Fsp3) is 0. The van der Waals surface area contributed by atoms with Crippen LogP contribution in [0, 0.1) is 0 Å². The largest absolute Gasteiger partial charge is 2.00 e. The van der Waals surface area contributed by atoms with Crippen molar-refractivity contribution in [2.45, 2.75) is 0 Å². The minimum absolute atomic E-state index is 0. The predicted octanol–water partition coefficient (Wildman–Crippen LogP) is -0.856. The van der Waals surface area contributed by atoms with Crippen LogP contribution in [-0.2, 0) is 10.4 Å². The van der Waals surface area contributed by atoms with Crippen LogP contribution in [0.4, 0.5) is 0 Å². The van der Waals surface area contributed by atoms with E-state index in [9.17, 15) is 0 Å². The van der Waals surface area contributed by atoms with E-state index in [1.54, 1.807) is 0 Å². The summed E-state index contributed by atoms with van der Waals surface area (Å²) in [5, 5.41) is 0. The Morgan fingerprint density at radius 1 is 1.09 bits per heavy atom. The molecule has 5 nitrogen and oxygen atoms in total. The zero-order chi connectivity index (χ0) is 8.08. The van der Waals surface area contributed by atoms with E-state index in [1.807, 2.05) is 0 Å². The van der Waals surface area contributed by atoms with Gasteiger partial charge >= 0.3 is 49.1 Å². The number of halogens is 3. The maximum Gasteiger partial charge on any atom is 2.00 e. The molecule has 0 bridgehead atoms. The quantitative estimate of drug-likeness (QED) is 0.328. The summed E-state index contributed by atoms with van der Waals surface area (Å²) >= 11 is -1.72. The van der Waals surface area contributed by atoms with Gasteiger partial charge in [0.1, 0.15) is 0 Å². The zero-order valence-electron chi connectivity index (χ0n) is 4.96. The second kappa shape index (κ2) is 12.5. The van der Waals surface area contributed by atoms with Gasteiger partial charge in [0.05, 0.1) is 0 Å². The van der Waals surface area contributed by atoms with Gasteiger partial charge in [0.2, 0.25) is 0 Å². The molecule has 0 aromatic carbocycles. The molecule has 0 saturated heterocycles. The fourth-order valence-corrected chi connectivity index (χ4v) is 0. The molecule has 0 aliphatic carbocycles. The monoisotopic (exact) mass is 286 g/mol. The Morgan fingerprint density at radius 3 is 1.09 bits per heavy atom. The van der Waals surface area contributed by atoms with E-state index in [4.69, 9.17) is 47.7 Å². The van der Waals surface area contributed by atoms with Crippen molar-refractivity contribution in [2.24, 2.45) is 0 Å². The summed E-state index contributed by atoms with van der Waals surface area (Å²) in [7, 11) is 9.67. The second-order valence-corrected chi connectivity index (χ2v) is 7.91. The molecular weight excluding hydrogens is 285 g/mol. The molecule has 0 aliphatic heterocycles. The van der Waals surface area contributed by atoms with Crippen LogP contribution in [0.25, 0.3) is 0 Å². The molecule has 0 unspecified atom stereocenters. The molecule has 0 saturated carbocycles. The molecule has 0 heterocycles. The van der Waals surface area contributed by atoms with Crippen molar-refractivity contribution < 1.29 is 23.0 Å². The fourth-order valence-electron chi connectivity index (χ4n) is 0. The number of hydrogen-bond acceptors (Lipinski definition) is 4. The van der Waals surface area contributed by atoms with Crippen LogP contribution in [0.2, 0.25) is 0 Å². The van der Waals surface area contributed by atoms with Gasteiger partial charge in [-0.1, -0.05) is 0 Å². The Morgan fingerprint density at radius 2 is 1.09 bits per heavy atom. The first-order valence-electron chi connectivity index (χ1n) is 1.32.